The highest BCUT2D eigenvalue weighted by atomic mass is 32.1. The molecular formula is C22H31N3OS. The Morgan fingerprint density at radius 1 is 1.19 bits per heavy atom. The Morgan fingerprint density at radius 3 is 2.74 bits per heavy atom. The Labute approximate surface area is 166 Å². The number of carbonyl (C=O) groups is 1. The number of rotatable bonds is 1. The summed E-state index contributed by atoms with van der Waals surface area (Å²) >= 11 is 1.59. The second-order valence-electron chi connectivity index (χ2n) is 9.90. The summed E-state index contributed by atoms with van der Waals surface area (Å²) in [5, 5.41) is 2.90. The van der Waals surface area contributed by atoms with Gasteiger partial charge in [0.05, 0.1) is 5.69 Å². The zero-order chi connectivity index (χ0) is 19.0. The molecule has 0 unspecified atom stereocenters. The molecule has 1 aromatic rings. The number of nitrogen functional groups attached to an aromatic ring is 1. The first-order chi connectivity index (χ1) is 12.8. The van der Waals surface area contributed by atoms with E-state index in [1.807, 2.05) is 18.0 Å². The summed E-state index contributed by atoms with van der Waals surface area (Å²) in [4.78, 5) is 18.9. The Balaban J connectivity index is 1.47. The number of amides is 1. The lowest BCUT2D eigenvalue weighted by atomic mass is 9.47. The molecule has 0 aromatic carbocycles. The molecule has 0 saturated heterocycles. The van der Waals surface area contributed by atoms with Crippen LogP contribution in [-0.2, 0) is 4.79 Å². The summed E-state index contributed by atoms with van der Waals surface area (Å²) in [5.74, 6) is 2.99. The number of hydrogen-bond donors (Lipinski definition) is 1. The van der Waals surface area contributed by atoms with Gasteiger partial charge in [-0.05, 0) is 67.8 Å². The van der Waals surface area contributed by atoms with Crippen molar-refractivity contribution in [2.75, 3.05) is 12.8 Å². The summed E-state index contributed by atoms with van der Waals surface area (Å²) in [6, 6.07) is 0.371. The van der Waals surface area contributed by atoms with Crippen LogP contribution in [0.15, 0.2) is 17.5 Å². The first-order valence-electron chi connectivity index (χ1n) is 10.5. The van der Waals surface area contributed by atoms with Crippen LogP contribution in [0.2, 0.25) is 0 Å². The lowest BCUT2D eigenvalue weighted by Crippen LogP contribution is -2.59. The summed E-state index contributed by atoms with van der Waals surface area (Å²) in [5.41, 5.74) is 7.67. The van der Waals surface area contributed by atoms with Gasteiger partial charge in [-0.1, -0.05) is 19.9 Å². The molecule has 3 saturated carbocycles. The third-order valence-electron chi connectivity index (χ3n) is 9.02. The van der Waals surface area contributed by atoms with Gasteiger partial charge in [0.1, 0.15) is 0 Å². The van der Waals surface area contributed by atoms with Crippen molar-refractivity contribution in [3.05, 3.63) is 23.2 Å². The van der Waals surface area contributed by atoms with Crippen LogP contribution in [0.5, 0.6) is 0 Å². The molecule has 0 spiro atoms. The van der Waals surface area contributed by atoms with Gasteiger partial charge in [0, 0.05) is 29.8 Å². The van der Waals surface area contributed by atoms with E-state index in [9.17, 15) is 4.79 Å². The van der Waals surface area contributed by atoms with Crippen LogP contribution in [0.4, 0.5) is 5.13 Å². The summed E-state index contributed by atoms with van der Waals surface area (Å²) in [6.07, 6.45) is 11.6. The van der Waals surface area contributed by atoms with E-state index in [0.717, 1.165) is 18.3 Å². The molecule has 3 aliphatic carbocycles. The normalized spacial score (nSPS) is 46.1. The standard InChI is InChI=1S/C22H31N3OS/c1-21-10-8-15-13(4-7-18-22(15,2)11-9-19(26)25(18)3)14(21)5-6-16(21)17-12-27-20(23)24-17/h9,11-16,18H,4-8,10H2,1-3H3,(H2,23,24)/t13-,14-,15-,16+,18+,21-,22+/m0/s1. The van der Waals surface area contributed by atoms with Gasteiger partial charge in [-0.3, -0.25) is 4.79 Å². The molecule has 1 amide bonds. The zero-order valence-corrected chi connectivity index (χ0v) is 17.5. The third kappa shape index (κ3) is 2.33. The number of aromatic nitrogens is 1. The van der Waals surface area contributed by atoms with Gasteiger partial charge in [-0.15, -0.1) is 11.3 Å². The highest BCUT2D eigenvalue weighted by Crippen LogP contribution is 2.67. The number of thiazole rings is 1. The van der Waals surface area contributed by atoms with E-state index in [0.29, 0.717) is 28.4 Å². The van der Waals surface area contributed by atoms with E-state index in [1.165, 1.54) is 37.8 Å². The largest absolute Gasteiger partial charge is 0.375 e. The number of nitrogens with zero attached hydrogens (tertiary/aromatic N) is 2. The van der Waals surface area contributed by atoms with E-state index < -0.39 is 0 Å². The molecule has 4 nitrogen and oxygen atoms in total. The fourth-order valence-electron chi connectivity index (χ4n) is 7.68. The van der Waals surface area contributed by atoms with E-state index >= 15 is 0 Å². The number of nitrogens with two attached hydrogens (primary N) is 1. The molecule has 5 heteroatoms. The lowest BCUT2D eigenvalue weighted by Gasteiger charge is -2.60. The molecule has 4 aliphatic rings. The van der Waals surface area contributed by atoms with E-state index in [2.05, 4.69) is 30.3 Å². The molecule has 2 N–H and O–H groups in total. The molecule has 146 valence electrons. The van der Waals surface area contributed by atoms with Crippen molar-refractivity contribution in [2.45, 2.75) is 64.3 Å². The fourth-order valence-corrected chi connectivity index (χ4v) is 8.30. The predicted octanol–water partition coefficient (Wildman–Crippen LogP) is 4.45. The molecule has 2 heterocycles. The van der Waals surface area contributed by atoms with Crippen molar-refractivity contribution in [1.82, 2.24) is 9.88 Å². The second-order valence-corrected chi connectivity index (χ2v) is 10.8. The van der Waals surface area contributed by atoms with Crippen LogP contribution in [-0.4, -0.2) is 28.9 Å². The van der Waals surface area contributed by atoms with Gasteiger partial charge >= 0.3 is 0 Å². The number of anilines is 1. The summed E-state index contributed by atoms with van der Waals surface area (Å²) < 4.78 is 0. The average molecular weight is 386 g/mol. The summed E-state index contributed by atoms with van der Waals surface area (Å²) in [6.45, 7) is 4.95. The highest BCUT2D eigenvalue weighted by Gasteiger charge is 2.60. The minimum Gasteiger partial charge on any atom is -0.375 e. The third-order valence-corrected chi connectivity index (χ3v) is 9.72. The second kappa shape index (κ2) is 5.82. The van der Waals surface area contributed by atoms with Crippen LogP contribution in [0, 0.1) is 28.6 Å². The zero-order valence-electron chi connectivity index (χ0n) is 16.6. The maximum atomic E-state index is 12.2. The first-order valence-corrected chi connectivity index (χ1v) is 11.4. The molecule has 0 bridgehead atoms. The molecular weight excluding hydrogens is 354 g/mol. The monoisotopic (exact) mass is 385 g/mol. The smallest absolute Gasteiger partial charge is 0.246 e. The Morgan fingerprint density at radius 2 is 2.00 bits per heavy atom. The topological polar surface area (TPSA) is 59.2 Å². The Kier molecular flexibility index (Phi) is 3.82. The van der Waals surface area contributed by atoms with Crippen LogP contribution in [0.1, 0.15) is 64.0 Å². The predicted molar refractivity (Wildman–Crippen MR) is 109 cm³/mol. The van der Waals surface area contributed by atoms with Gasteiger partial charge in [0.2, 0.25) is 5.91 Å². The minimum atomic E-state index is 0.135. The quantitative estimate of drug-likeness (QED) is 0.777. The average Bonchev–Trinajstić information content (AvgIpc) is 3.21. The lowest BCUT2D eigenvalue weighted by molar-refractivity contribution is -0.138. The SMILES string of the molecule is CN1C(=O)C=C[C@]2(C)[C@H]3CC[C@]4(C)[C@@H](c5csc(N)n5)CC[C@H]4[C@@H]3CC[C@@H]12. The summed E-state index contributed by atoms with van der Waals surface area (Å²) in [7, 11) is 2.00. The van der Waals surface area contributed by atoms with Crippen LogP contribution < -0.4 is 5.73 Å². The Bertz CT molecular complexity index is 803. The highest BCUT2D eigenvalue weighted by molar-refractivity contribution is 7.13. The first kappa shape index (κ1) is 17.7. The fraction of sp³-hybridized carbons (Fsp3) is 0.727. The maximum Gasteiger partial charge on any atom is 0.246 e. The van der Waals surface area contributed by atoms with Crippen molar-refractivity contribution in [3.63, 3.8) is 0 Å². The van der Waals surface area contributed by atoms with Gasteiger partial charge in [0.15, 0.2) is 5.13 Å². The molecule has 0 radical (unpaired) electrons. The number of likely N-dealkylation sites (N-methyl/N-ethyl adjacent to an activating group) is 1. The van der Waals surface area contributed by atoms with Crippen molar-refractivity contribution in [1.29, 1.82) is 0 Å². The van der Waals surface area contributed by atoms with Crippen molar-refractivity contribution in [2.24, 2.45) is 28.6 Å². The molecule has 3 fully saturated rings. The minimum absolute atomic E-state index is 0.135. The van der Waals surface area contributed by atoms with Crippen LogP contribution >= 0.6 is 11.3 Å². The molecule has 5 rings (SSSR count). The van der Waals surface area contributed by atoms with E-state index in [4.69, 9.17) is 5.73 Å². The van der Waals surface area contributed by atoms with Gasteiger partial charge in [0.25, 0.3) is 0 Å². The molecule has 1 aromatic heterocycles. The number of carbonyl (C=O) groups excluding carboxylic acids is 1. The molecule has 7 atom stereocenters. The van der Waals surface area contributed by atoms with Gasteiger partial charge in [-0.2, -0.15) is 0 Å². The van der Waals surface area contributed by atoms with E-state index in [-0.39, 0.29) is 11.3 Å². The maximum absolute atomic E-state index is 12.2. The Hall–Kier alpha value is -1.36. The molecule has 1 aliphatic heterocycles. The number of hydrogen-bond acceptors (Lipinski definition) is 4. The van der Waals surface area contributed by atoms with Gasteiger partial charge < -0.3 is 10.6 Å². The van der Waals surface area contributed by atoms with Crippen molar-refractivity contribution >= 4 is 22.4 Å². The van der Waals surface area contributed by atoms with Crippen molar-refractivity contribution in [3.8, 4) is 0 Å². The van der Waals surface area contributed by atoms with Crippen LogP contribution in [0.25, 0.3) is 0 Å². The molecule has 27 heavy (non-hydrogen) atoms. The number of fused-ring (bicyclic) bond motifs is 5. The van der Waals surface area contributed by atoms with Crippen LogP contribution in [0.3, 0.4) is 0 Å². The van der Waals surface area contributed by atoms with Gasteiger partial charge in [-0.25, -0.2) is 4.98 Å². The van der Waals surface area contributed by atoms with E-state index in [1.54, 1.807) is 11.3 Å². The van der Waals surface area contributed by atoms with Crippen molar-refractivity contribution < 1.29 is 4.79 Å².